The summed E-state index contributed by atoms with van der Waals surface area (Å²) in [6, 6.07) is 17.7. The van der Waals surface area contributed by atoms with E-state index in [1.807, 2.05) is 68.4 Å². The van der Waals surface area contributed by atoms with Gasteiger partial charge in [0.05, 0.1) is 17.9 Å². The summed E-state index contributed by atoms with van der Waals surface area (Å²) in [5.74, 6) is -0.457. The molecule has 0 bridgehead atoms. The molecule has 1 fully saturated rings. The van der Waals surface area contributed by atoms with Crippen LogP contribution in [-0.4, -0.2) is 53.2 Å². The highest BCUT2D eigenvalue weighted by Crippen LogP contribution is 2.46. The van der Waals surface area contributed by atoms with Gasteiger partial charge in [0, 0.05) is 25.7 Å². The lowest BCUT2D eigenvalue weighted by molar-refractivity contribution is -0.145. The second kappa shape index (κ2) is 9.30. The van der Waals surface area contributed by atoms with Crippen LogP contribution in [0.4, 0.5) is 5.69 Å². The Morgan fingerprint density at radius 2 is 1.85 bits per heavy atom. The third-order valence-corrected chi connectivity index (χ3v) is 6.95. The maximum Gasteiger partial charge on any atom is 0.246 e. The molecule has 3 amide bonds. The minimum absolute atomic E-state index is 0.127. The smallest absolute Gasteiger partial charge is 0.246 e. The Balaban J connectivity index is 1.61. The molecule has 2 aromatic carbocycles. The van der Waals surface area contributed by atoms with Crippen molar-refractivity contribution in [2.45, 2.75) is 50.6 Å². The number of para-hydroxylation sites is 1. The third kappa shape index (κ3) is 4.16. The molecule has 1 spiro atoms. The number of nitriles is 1. The van der Waals surface area contributed by atoms with E-state index in [4.69, 9.17) is 0 Å². The molecule has 34 heavy (non-hydrogen) atoms. The van der Waals surface area contributed by atoms with Crippen molar-refractivity contribution in [3.63, 3.8) is 0 Å². The van der Waals surface area contributed by atoms with Gasteiger partial charge in [0.2, 0.25) is 17.7 Å². The number of nitrogens with zero attached hydrogens (tertiary/aromatic N) is 3. The van der Waals surface area contributed by atoms with E-state index in [9.17, 15) is 19.6 Å². The average Bonchev–Trinajstić information content (AvgIpc) is 3.35. The van der Waals surface area contributed by atoms with Gasteiger partial charge in [-0.3, -0.25) is 14.4 Å². The molecule has 1 saturated heterocycles. The number of hydrogen-bond acceptors (Lipinski definition) is 4. The van der Waals surface area contributed by atoms with E-state index in [1.54, 1.807) is 7.05 Å². The first-order valence-electron chi connectivity index (χ1n) is 11.7. The Kier molecular flexibility index (Phi) is 6.43. The lowest BCUT2D eigenvalue weighted by atomic mass is 9.80. The molecule has 2 aliphatic rings. The van der Waals surface area contributed by atoms with Crippen LogP contribution in [0.25, 0.3) is 0 Å². The van der Waals surface area contributed by atoms with E-state index in [1.165, 1.54) is 9.80 Å². The van der Waals surface area contributed by atoms with Gasteiger partial charge in [-0.25, -0.2) is 0 Å². The van der Waals surface area contributed by atoms with Crippen LogP contribution in [0, 0.1) is 17.2 Å². The third-order valence-electron chi connectivity index (χ3n) is 6.95. The topological polar surface area (TPSA) is 93.5 Å². The van der Waals surface area contributed by atoms with Crippen molar-refractivity contribution in [3.05, 3.63) is 65.7 Å². The van der Waals surface area contributed by atoms with E-state index in [0.29, 0.717) is 6.42 Å². The predicted octanol–water partition coefficient (Wildman–Crippen LogP) is 3.12. The molecule has 1 N–H and O–H groups in total. The summed E-state index contributed by atoms with van der Waals surface area (Å²) in [4.78, 5) is 43.0. The first-order valence-corrected chi connectivity index (χ1v) is 11.7. The summed E-state index contributed by atoms with van der Waals surface area (Å²) in [6.45, 7) is 4.13. The zero-order chi connectivity index (χ0) is 24.5. The molecule has 0 aromatic heterocycles. The summed E-state index contributed by atoms with van der Waals surface area (Å²) >= 11 is 0. The fourth-order valence-electron chi connectivity index (χ4n) is 5.12. The van der Waals surface area contributed by atoms with Gasteiger partial charge in [-0.05, 0) is 29.5 Å². The number of hydrogen-bond donors (Lipinski definition) is 1. The van der Waals surface area contributed by atoms with Crippen LogP contribution in [0.5, 0.6) is 0 Å². The molecule has 2 aromatic rings. The van der Waals surface area contributed by atoms with Gasteiger partial charge in [-0.2, -0.15) is 5.26 Å². The maximum atomic E-state index is 13.9. The van der Waals surface area contributed by atoms with Crippen molar-refractivity contribution in [2.24, 2.45) is 5.92 Å². The van der Waals surface area contributed by atoms with Crippen molar-refractivity contribution in [1.29, 1.82) is 5.26 Å². The van der Waals surface area contributed by atoms with E-state index in [-0.39, 0.29) is 43.0 Å². The normalized spacial score (nSPS) is 21.8. The highest BCUT2D eigenvalue weighted by Gasteiger charge is 2.56. The molecular formula is C27H30N4O3. The lowest BCUT2D eigenvalue weighted by Crippen LogP contribution is -2.52. The minimum Gasteiger partial charge on any atom is -0.333 e. The van der Waals surface area contributed by atoms with Crippen molar-refractivity contribution >= 4 is 23.4 Å². The van der Waals surface area contributed by atoms with Crippen molar-refractivity contribution < 1.29 is 14.4 Å². The SMILES string of the molecule is CC(C)C[C@@H](C(=O)N1C[C@]2(C[C@H]1C#N)C(=O)Nc1ccccc12)N(C)C(=O)Cc1ccccc1. The molecule has 4 rings (SSSR count). The summed E-state index contributed by atoms with van der Waals surface area (Å²) < 4.78 is 0. The minimum atomic E-state index is -0.943. The number of amides is 3. The quantitative estimate of drug-likeness (QED) is 0.720. The molecule has 0 saturated carbocycles. The van der Waals surface area contributed by atoms with Crippen LogP contribution < -0.4 is 5.32 Å². The van der Waals surface area contributed by atoms with Crippen molar-refractivity contribution in [3.8, 4) is 6.07 Å². The second-order valence-electron chi connectivity index (χ2n) is 9.71. The van der Waals surface area contributed by atoms with Crippen LogP contribution >= 0.6 is 0 Å². The fraction of sp³-hybridized carbons (Fsp3) is 0.407. The van der Waals surface area contributed by atoms with E-state index in [2.05, 4.69) is 11.4 Å². The van der Waals surface area contributed by atoms with Crippen LogP contribution in [0.15, 0.2) is 54.6 Å². The number of likely N-dealkylation sites (N-methyl/N-ethyl adjacent to an activating group) is 1. The number of rotatable bonds is 6. The molecular weight excluding hydrogens is 428 g/mol. The van der Waals surface area contributed by atoms with Gasteiger partial charge in [-0.1, -0.05) is 62.4 Å². The van der Waals surface area contributed by atoms with Gasteiger partial charge < -0.3 is 15.1 Å². The van der Waals surface area contributed by atoms with Crippen LogP contribution in [-0.2, 0) is 26.2 Å². The number of anilines is 1. The monoisotopic (exact) mass is 458 g/mol. The molecule has 0 radical (unpaired) electrons. The van der Waals surface area contributed by atoms with Gasteiger partial charge in [-0.15, -0.1) is 0 Å². The first kappa shape index (κ1) is 23.5. The highest BCUT2D eigenvalue weighted by molar-refractivity contribution is 6.07. The Morgan fingerprint density at radius 1 is 1.18 bits per heavy atom. The van der Waals surface area contributed by atoms with Crippen molar-refractivity contribution in [1.82, 2.24) is 9.80 Å². The van der Waals surface area contributed by atoms with Gasteiger partial charge in [0.25, 0.3) is 0 Å². The molecule has 3 atom stereocenters. The van der Waals surface area contributed by atoms with Gasteiger partial charge >= 0.3 is 0 Å². The van der Waals surface area contributed by atoms with Crippen LogP contribution in [0.3, 0.4) is 0 Å². The van der Waals surface area contributed by atoms with Crippen molar-refractivity contribution in [2.75, 3.05) is 18.9 Å². The van der Waals surface area contributed by atoms with Crippen LogP contribution in [0.2, 0.25) is 0 Å². The molecule has 176 valence electrons. The van der Waals surface area contributed by atoms with E-state index >= 15 is 0 Å². The number of benzene rings is 2. The zero-order valence-corrected chi connectivity index (χ0v) is 19.8. The number of likely N-dealkylation sites (tertiary alicyclic amines) is 1. The molecule has 7 heteroatoms. The molecule has 0 aliphatic carbocycles. The largest absolute Gasteiger partial charge is 0.333 e. The lowest BCUT2D eigenvalue weighted by Gasteiger charge is -2.33. The molecule has 0 unspecified atom stereocenters. The number of carbonyl (C=O) groups excluding carboxylic acids is 3. The van der Waals surface area contributed by atoms with E-state index < -0.39 is 17.5 Å². The Hall–Kier alpha value is -3.66. The second-order valence-corrected chi connectivity index (χ2v) is 9.71. The first-order chi connectivity index (χ1) is 16.3. The summed E-state index contributed by atoms with van der Waals surface area (Å²) in [7, 11) is 1.65. The van der Waals surface area contributed by atoms with Gasteiger partial charge in [0.15, 0.2) is 0 Å². The predicted molar refractivity (Wildman–Crippen MR) is 129 cm³/mol. The summed E-state index contributed by atoms with van der Waals surface area (Å²) in [5.41, 5.74) is 1.49. The highest BCUT2D eigenvalue weighted by atomic mass is 16.2. The Labute approximate surface area is 200 Å². The maximum absolute atomic E-state index is 13.9. The van der Waals surface area contributed by atoms with Gasteiger partial charge in [0.1, 0.15) is 12.1 Å². The number of nitrogens with one attached hydrogen (secondary N) is 1. The van der Waals surface area contributed by atoms with Crippen LogP contribution in [0.1, 0.15) is 37.8 Å². The summed E-state index contributed by atoms with van der Waals surface area (Å²) in [6.07, 6.45) is 0.912. The standard InChI is InChI=1S/C27H30N4O3/c1-18(2)13-23(30(3)24(32)14-19-9-5-4-6-10-19)25(33)31-17-27(15-20(31)16-28)21-11-7-8-12-22(21)29-26(27)34/h4-12,18,20,23H,13-15,17H2,1-3H3,(H,29,34)/t20-,23-,27-/m0/s1. The molecule has 2 heterocycles. The zero-order valence-electron chi connectivity index (χ0n) is 19.8. The summed E-state index contributed by atoms with van der Waals surface area (Å²) in [5, 5.41) is 12.8. The Bertz CT molecular complexity index is 1140. The number of fused-ring (bicyclic) bond motifs is 2. The average molecular weight is 459 g/mol. The molecule has 2 aliphatic heterocycles. The number of carbonyl (C=O) groups is 3. The molecule has 7 nitrogen and oxygen atoms in total. The Morgan fingerprint density at radius 3 is 2.53 bits per heavy atom. The fourth-order valence-corrected chi connectivity index (χ4v) is 5.12. The van der Waals surface area contributed by atoms with E-state index in [0.717, 1.165) is 16.8 Å².